The highest BCUT2D eigenvalue weighted by atomic mass is 32.2. The molecule has 0 radical (unpaired) electrons. The molecular weight excluding hydrogens is 288 g/mol. The average molecular weight is 304 g/mol. The molecule has 6 heteroatoms. The highest BCUT2D eigenvalue weighted by molar-refractivity contribution is 7.92. The fraction of sp³-hybridized carbons (Fsp3) is 0.133. The van der Waals surface area contributed by atoms with Gasteiger partial charge in [0.1, 0.15) is 0 Å². The average Bonchev–Trinajstić information content (AvgIpc) is 2.47. The van der Waals surface area contributed by atoms with Crippen LogP contribution in [0.15, 0.2) is 53.4 Å². The second kappa shape index (κ2) is 5.97. The molecule has 0 atom stereocenters. The number of primary amides is 1. The van der Waals surface area contributed by atoms with Gasteiger partial charge in [0.05, 0.1) is 16.1 Å². The van der Waals surface area contributed by atoms with E-state index in [1.807, 2.05) is 6.92 Å². The summed E-state index contributed by atoms with van der Waals surface area (Å²) in [5, 5.41) is 0. The lowest BCUT2D eigenvalue weighted by Gasteiger charge is -2.11. The van der Waals surface area contributed by atoms with Gasteiger partial charge in [0, 0.05) is 0 Å². The van der Waals surface area contributed by atoms with Crippen LogP contribution in [-0.4, -0.2) is 14.3 Å². The molecule has 0 unspecified atom stereocenters. The number of hydrogen-bond acceptors (Lipinski definition) is 3. The third kappa shape index (κ3) is 3.41. The SMILES string of the molecule is CCc1ccc(S(=O)(=O)Nc2ccccc2C(N)=O)cc1. The van der Waals surface area contributed by atoms with Crippen LogP contribution in [0.4, 0.5) is 5.69 Å². The van der Waals surface area contributed by atoms with Crippen LogP contribution in [0.3, 0.4) is 0 Å². The number of carbonyl (C=O) groups excluding carboxylic acids is 1. The van der Waals surface area contributed by atoms with Crippen molar-refractivity contribution in [2.24, 2.45) is 5.73 Å². The van der Waals surface area contributed by atoms with Crippen LogP contribution in [0.2, 0.25) is 0 Å². The lowest BCUT2D eigenvalue weighted by molar-refractivity contribution is 0.100. The molecule has 0 saturated heterocycles. The van der Waals surface area contributed by atoms with Gasteiger partial charge < -0.3 is 5.73 Å². The van der Waals surface area contributed by atoms with E-state index in [1.54, 1.807) is 24.3 Å². The maximum Gasteiger partial charge on any atom is 0.261 e. The van der Waals surface area contributed by atoms with Gasteiger partial charge in [-0.2, -0.15) is 0 Å². The molecule has 3 N–H and O–H groups in total. The molecule has 0 aliphatic rings. The Hall–Kier alpha value is -2.34. The van der Waals surface area contributed by atoms with Gasteiger partial charge >= 0.3 is 0 Å². The van der Waals surface area contributed by atoms with Gasteiger partial charge in [-0.05, 0) is 36.2 Å². The second-order valence-corrected chi connectivity index (χ2v) is 6.20. The van der Waals surface area contributed by atoms with Gasteiger partial charge in [-0.25, -0.2) is 8.42 Å². The van der Waals surface area contributed by atoms with Gasteiger partial charge in [0.15, 0.2) is 0 Å². The summed E-state index contributed by atoms with van der Waals surface area (Å²) >= 11 is 0. The van der Waals surface area contributed by atoms with Crippen molar-refractivity contribution in [2.75, 3.05) is 4.72 Å². The normalized spacial score (nSPS) is 11.1. The first-order valence-corrected chi connectivity index (χ1v) is 7.93. The van der Waals surface area contributed by atoms with Gasteiger partial charge in [-0.15, -0.1) is 0 Å². The number of amides is 1. The quantitative estimate of drug-likeness (QED) is 0.887. The maximum absolute atomic E-state index is 12.3. The smallest absolute Gasteiger partial charge is 0.261 e. The van der Waals surface area contributed by atoms with Crippen LogP contribution in [0.25, 0.3) is 0 Å². The van der Waals surface area contributed by atoms with E-state index in [2.05, 4.69) is 4.72 Å². The molecule has 2 aromatic rings. The molecule has 0 aliphatic heterocycles. The first-order valence-electron chi connectivity index (χ1n) is 6.44. The number of nitrogens with one attached hydrogen (secondary N) is 1. The first-order chi connectivity index (χ1) is 9.94. The highest BCUT2D eigenvalue weighted by Crippen LogP contribution is 2.20. The minimum absolute atomic E-state index is 0.131. The number of benzene rings is 2. The van der Waals surface area contributed by atoms with E-state index in [4.69, 9.17) is 5.73 Å². The Balaban J connectivity index is 2.35. The minimum Gasteiger partial charge on any atom is -0.366 e. The van der Waals surface area contributed by atoms with Crippen LogP contribution in [0, 0.1) is 0 Å². The summed E-state index contributed by atoms with van der Waals surface area (Å²) in [6.45, 7) is 1.99. The molecule has 21 heavy (non-hydrogen) atoms. The lowest BCUT2D eigenvalue weighted by atomic mass is 10.2. The molecule has 0 fully saturated rings. The second-order valence-electron chi connectivity index (χ2n) is 4.51. The Kier molecular flexibility index (Phi) is 4.28. The van der Waals surface area contributed by atoms with Crippen molar-refractivity contribution in [1.29, 1.82) is 0 Å². The topological polar surface area (TPSA) is 89.3 Å². The standard InChI is InChI=1S/C15H16N2O3S/c1-2-11-7-9-12(10-8-11)21(19,20)17-14-6-4-3-5-13(14)15(16)18/h3-10,17H,2H2,1H3,(H2,16,18). The van der Waals surface area contributed by atoms with Crippen LogP contribution in [-0.2, 0) is 16.4 Å². The first kappa shape index (κ1) is 15.1. The predicted octanol–water partition coefficient (Wildman–Crippen LogP) is 2.15. The van der Waals surface area contributed by atoms with Gasteiger partial charge in [0.25, 0.3) is 15.9 Å². The number of para-hydroxylation sites is 1. The van der Waals surface area contributed by atoms with E-state index in [1.165, 1.54) is 24.3 Å². The molecule has 0 aromatic heterocycles. The summed E-state index contributed by atoms with van der Waals surface area (Å²) in [7, 11) is -3.75. The summed E-state index contributed by atoms with van der Waals surface area (Å²) in [5.41, 5.74) is 6.59. The molecule has 0 bridgehead atoms. The zero-order chi connectivity index (χ0) is 15.5. The lowest BCUT2D eigenvalue weighted by Crippen LogP contribution is -2.18. The number of hydrogen-bond donors (Lipinski definition) is 2. The summed E-state index contributed by atoms with van der Waals surface area (Å²) in [6, 6.07) is 12.8. The summed E-state index contributed by atoms with van der Waals surface area (Å²) in [4.78, 5) is 11.5. The Morgan fingerprint density at radius 1 is 1.10 bits per heavy atom. The summed E-state index contributed by atoms with van der Waals surface area (Å²) < 4.78 is 27.0. The molecule has 5 nitrogen and oxygen atoms in total. The van der Waals surface area contributed by atoms with Crippen molar-refractivity contribution in [1.82, 2.24) is 0 Å². The van der Waals surface area contributed by atoms with Gasteiger partial charge in [-0.3, -0.25) is 9.52 Å². The van der Waals surface area contributed by atoms with Gasteiger partial charge in [-0.1, -0.05) is 31.2 Å². The molecule has 0 heterocycles. The predicted molar refractivity (Wildman–Crippen MR) is 81.6 cm³/mol. The van der Waals surface area contributed by atoms with E-state index >= 15 is 0 Å². The minimum atomic E-state index is -3.75. The number of sulfonamides is 1. The number of aryl methyl sites for hydroxylation is 1. The molecule has 0 aliphatic carbocycles. The Bertz CT molecular complexity index is 753. The Morgan fingerprint density at radius 2 is 1.71 bits per heavy atom. The molecule has 2 aromatic carbocycles. The molecular formula is C15H16N2O3S. The summed E-state index contributed by atoms with van der Waals surface area (Å²) in [5.74, 6) is -0.686. The molecule has 0 saturated carbocycles. The number of nitrogens with two attached hydrogens (primary N) is 1. The van der Waals surface area contributed by atoms with E-state index in [0.717, 1.165) is 12.0 Å². The molecule has 0 spiro atoms. The van der Waals surface area contributed by atoms with Crippen molar-refractivity contribution >= 4 is 21.6 Å². The third-order valence-electron chi connectivity index (χ3n) is 3.08. The highest BCUT2D eigenvalue weighted by Gasteiger charge is 2.17. The zero-order valence-corrected chi connectivity index (χ0v) is 12.4. The van der Waals surface area contributed by atoms with Crippen LogP contribution in [0.1, 0.15) is 22.8 Å². The largest absolute Gasteiger partial charge is 0.366 e. The zero-order valence-electron chi connectivity index (χ0n) is 11.5. The monoisotopic (exact) mass is 304 g/mol. The van der Waals surface area contributed by atoms with E-state index in [-0.39, 0.29) is 16.1 Å². The van der Waals surface area contributed by atoms with E-state index in [0.29, 0.717) is 0 Å². The van der Waals surface area contributed by atoms with E-state index in [9.17, 15) is 13.2 Å². The van der Waals surface area contributed by atoms with Crippen LogP contribution >= 0.6 is 0 Å². The van der Waals surface area contributed by atoms with Crippen molar-refractivity contribution in [3.63, 3.8) is 0 Å². The van der Waals surface area contributed by atoms with E-state index < -0.39 is 15.9 Å². The molecule has 110 valence electrons. The number of anilines is 1. The van der Waals surface area contributed by atoms with Crippen LogP contribution < -0.4 is 10.5 Å². The van der Waals surface area contributed by atoms with Crippen molar-refractivity contribution in [2.45, 2.75) is 18.2 Å². The third-order valence-corrected chi connectivity index (χ3v) is 4.46. The van der Waals surface area contributed by atoms with Gasteiger partial charge in [0.2, 0.25) is 0 Å². The summed E-state index contributed by atoms with van der Waals surface area (Å²) in [6.07, 6.45) is 0.832. The molecule has 1 amide bonds. The Morgan fingerprint density at radius 3 is 2.29 bits per heavy atom. The van der Waals surface area contributed by atoms with Crippen LogP contribution in [0.5, 0.6) is 0 Å². The number of carbonyl (C=O) groups is 1. The Labute approximate surface area is 123 Å². The van der Waals surface area contributed by atoms with Crippen molar-refractivity contribution < 1.29 is 13.2 Å². The van der Waals surface area contributed by atoms with Crippen molar-refractivity contribution in [3.05, 3.63) is 59.7 Å². The molecule has 2 rings (SSSR count). The number of rotatable bonds is 5. The maximum atomic E-state index is 12.3. The fourth-order valence-corrected chi connectivity index (χ4v) is 2.97. The fourth-order valence-electron chi connectivity index (χ4n) is 1.89. The van der Waals surface area contributed by atoms with Crippen molar-refractivity contribution in [3.8, 4) is 0 Å².